The van der Waals surface area contributed by atoms with Crippen molar-refractivity contribution < 1.29 is 43.3 Å². The number of hydrogen-bond donors (Lipinski definition) is 6. The zero-order valence-electron chi connectivity index (χ0n) is 28.5. The predicted molar refractivity (Wildman–Crippen MR) is 184 cm³/mol. The van der Waals surface area contributed by atoms with Crippen LogP contribution in [0.2, 0.25) is 0 Å². The number of aliphatic imine (C=N–C) groups is 1. The number of hydrazine groups is 1. The molecular formula is C33H43N9O10. The summed E-state index contributed by atoms with van der Waals surface area (Å²) in [7, 11) is 0. The van der Waals surface area contributed by atoms with Crippen LogP contribution in [0.5, 0.6) is 0 Å². The van der Waals surface area contributed by atoms with Gasteiger partial charge in [-0.15, -0.1) is 0 Å². The number of primary amides is 1. The molecule has 0 aliphatic carbocycles. The zero-order valence-corrected chi connectivity index (χ0v) is 28.5. The number of amides is 5. The Balaban J connectivity index is 1.62. The van der Waals surface area contributed by atoms with Gasteiger partial charge in [0.25, 0.3) is 5.96 Å². The first kappa shape index (κ1) is 40.2. The Morgan fingerprint density at radius 2 is 1.54 bits per heavy atom. The standard InChI is InChI=1S/C33H43N9O10/c1-21(37-28(44)25(18-27(34)43)39-33(48)52-20-23-12-6-3-7-13-23)30(46)41-17-9-15-26(41)29(45)38-24(14-8-16-36-32(35)40-42(49)50)31(47)51-19-22-10-4-2-5-11-22/h2-7,10-13,21,24-26H,8-9,14-20H2,1H3,(H2,34,43)(H,37,44)(H,38,45)(H,39,48)(H3,35,36,40)/t21-,24-,25-,26-/m0/s1. The molecule has 1 heterocycles. The Bertz CT molecular complexity index is 1590. The van der Waals surface area contributed by atoms with Gasteiger partial charge in [-0.1, -0.05) is 66.1 Å². The summed E-state index contributed by atoms with van der Waals surface area (Å²) < 4.78 is 10.6. The van der Waals surface area contributed by atoms with Crippen LogP contribution in [0, 0.1) is 10.1 Å². The largest absolute Gasteiger partial charge is 0.459 e. The van der Waals surface area contributed by atoms with Gasteiger partial charge in [-0.2, -0.15) is 0 Å². The highest BCUT2D eigenvalue weighted by Gasteiger charge is 2.38. The normalized spacial score (nSPS) is 15.7. The number of rotatable bonds is 18. The average Bonchev–Trinajstić information content (AvgIpc) is 3.61. The van der Waals surface area contributed by atoms with Gasteiger partial charge in [0.15, 0.2) is 5.03 Å². The maximum atomic E-state index is 13.5. The molecule has 52 heavy (non-hydrogen) atoms. The summed E-state index contributed by atoms with van der Waals surface area (Å²) in [4.78, 5) is 93.0. The van der Waals surface area contributed by atoms with Crippen molar-refractivity contribution in [1.82, 2.24) is 26.3 Å². The number of carbonyl (C=O) groups is 6. The van der Waals surface area contributed by atoms with Crippen molar-refractivity contribution >= 4 is 41.7 Å². The third-order valence-electron chi connectivity index (χ3n) is 7.76. The van der Waals surface area contributed by atoms with E-state index in [1.54, 1.807) is 66.1 Å². The number of nitrogens with zero attached hydrogens (tertiary/aromatic N) is 3. The first-order chi connectivity index (χ1) is 24.8. The lowest BCUT2D eigenvalue weighted by Gasteiger charge is -2.29. The molecule has 0 radical (unpaired) electrons. The van der Waals surface area contributed by atoms with E-state index in [0.717, 1.165) is 0 Å². The Labute approximate surface area is 299 Å². The van der Waals surface area contributed by atoms with Crippen molar-refractivity contribution in [1.29, 1.82) is 0 Å². The van der Waals surface area contributed by atoms with Crippen molar-refractivity contribution in [3.63, 3.8) is 0 Å². The van der Waals surface area contributed by atoms with Gasteiger partial charge in [-0.3, -0.25) is 19.2 Å². The van der Waals surface area contributed by atoms with E-state index in [4.69, 9.17) is 20.9 Å². The molecule has 0 aromatic heterocycles. The highest BCUT2D eigenvalue weighted by Crippen LogP contribution is 2.19. The molecule has 2 aromatic rings. The molecule has 19 nitrogen and oxygen atoms in total. The molecule has 1 fully saturated rings. The van der Waals surface area contributed by atoms with Crippen molar-refractivity contribution in [3.8, 4) is 0 Å². The second kappa shape index (κ2) is 20.4. The molecule has 2 aromatic carbocycles. The van der Waals surface area contributed by atoms with Crippen LogP contribution in [0.1, 0.15) is 50.2 Å². The van der Waals surface area contributed by atoms with Crippen LogP contribution >= 0.6 is 0 Å². The molecule has 1 saturated heterocycles. The van der Waals surface area contributed by atoms with Crippen LogP contribution in [0.15, 0.2) is 65.7 Å². The summed E-state index contributed by atoms with van der Waals surface area (Å²) in [6.45, 7) is 1.39. The van der Waals surface area contributed by atoms with E-state index in [1.165, 1.54) is 11.8 Å². The van der Waals surface area contributed by atoms with Crippen molar-refractivity contribution in [3.05, 3.63) is 81.9 Å². The van der Waals surface area contributed by atoms with Crippen molar-refractivity contribution in [2.45, 2.75) is 76.4 Å². The number of nitro groups is 1. The number of guanidine groups is 1. The Hall–Kier alpha value is -6.27. The maximum absolute atomic E-state index is 13.5. The molecule has 5 amide bonds. The molecule has 280 valence electrons. The van der Waals surface area contributed by atoms with E-state index in [-0.39, 0.29) is 45.6 Å². The molecule has 4 atom stereocenters. The fourth-order valence-corrected chi connectivity index (χ4v) is 5.21. The number of benzene rings is 2. The SMILES string of the molecule is C[C@H](NC(=O)[C@H](CC(N)=O)NC(=O)OCc1ccccc1)C(=O)N1CCC[C@H]1C(=O)N[C@@H](CCCN=C(N)N[N+](=O)[O-])C(=O)OCc1ccccc1. The summed E-state index contributed by atoms with van der Waals surface area (Å²) in [6.07, 6.45) is -0.638. The van der Waals surface area contributed by atoms with Crippen LogP contribution in [0.3, 0.4) is 0 Å². The molecule has 0 saturated carbocycles. The molecular weight excluding hydrogens is 682 g/mol. The summed E-state index contributed by atoms with van der Waals surface area (Å²) >= 11 is 0. The van der Waals surface area contributed by atoms with E-state index in [0.29, 0.717) is 17.5 Å². The summed E-state index contributed by atoms with van der Waals surface area (Å²) in [6, 6.07) is 12.8. The third kappa shape index (κ3) is 13.6. The maximum Gasteiger partial charge on any atom is 0.408 e. The fourth-order valence-electron chi connectivity index (χ4n) is 5.21. The second-order valence-electron chi connectivity index (χ2n) is 11.8. The Kier molecular flexibility index (Phi) is 15.8. The van der Waals surface area contributed by atoms with Crippen LogP contribution in [-0.2, 0) is 46.7 Å². The first-order valence-electron chi connectivity index (χ1n) is 16.4. The summed E-state index contributed by atoms with van der Waals surface area (Å²) in [5.41, 5.74) is 13.8. The van der Waals surface area contributed by atoms with E-state index in [2.05, 4.69) is 20.9 Å². The van der Waals surface area contributed by atoms with Crippen LogP contribution in [-0.4, -0.2) is 88.8 Å². The summed E-state index contributed by atoms with van der Waals surface area (Å²) in [5, 5.41) is 17.1. The molecule has 1 aliphatic rings. The van der Waals surface area contributed by atoms with Crippen LogP contribution < -0.4 is 32.8 Å². The summed E-state index contributed by atoms with van der Waals surface area (Å²) in [5.74, 6) is -4.21. The minimum absolute atomic E-state index is 0.00733. The first-order valence-corrected chi connectivity index (χ1v) is 16.4. The van der Waals surface area contributed by atoms with E-state index in [1.807, 2.05) is 0 Å². The number of nitrogens with one attached hydrogen (secondary N) is 4. The monoisotopic (exact) mass is 725 g/mol. The zero-order chi connectivity index (χ0) is 38.0. The van der Waals surface area contributed by atoms with Gasteiger partial charge in [0.05, 0.1) is 6.42 Å². The number of ether oxygens (including phenoxy) is 2. The Morgan fingerprint density at radius 1 is 0.923 bits per heavy atom. The molecule has 0 unspecified atom stereocenters. The lowest BCUT2D eigenvalue weighted by Crippen LogP contribution is -2.57. The van der Waals surface area contributed by atoms with Gasteiger partial charge in [0, 0.05) is 13.1 Å². The molecule has 0 bridgehead atoms. The van der Waals surface area contributed by atoms with Crippen molar-refractivity contribution in [2.24, 2.45) is 16.5 Å². The second-order valence-corrected chi connectivity index (χ2v) is 11.8. The lowest BCUT2D eigenvalue weighted by atomic mass is 10.1. The number of likely N-dealkylation sites (tertiary alicyclic amines) is 1. The van der Waals surface area contributed by atoms with Gasteiger partial charge in [-0.05, 0) is 43.7 Å². The smallest absolute Gasteiger partial charge is 0.408 e. The number of esters is 1. The number of alkyl carbamates (subject to hydrolysis) is 1. The highest BCUT2D eigenvalue weighted by molar-refractivity contribution is 5.96. The van der Waals surface area contributed by atoms with Crippen LogP contribution in [0.25, 0.3) is 0 Å². The molecule has 8 N–H and O–H groups in total. The fraction of sp³-hybridized carbons (Fsp3) is 0.424. The number of carbonyl (C=O) groups excluding carboxylic acids is 6. The average molecular weight is 726 g/mol. The van der Waals surface area contributed by atoms with Gasteiger partial charge in [-0.25, -0.2) is 24.7 Å². The van der Waals surface area contributed by atoms with Gasteiger partial charge < -0.3 is 41.8 Å². The minimum Gasteiger partial charge on any atom is -0.459 e. The number of nitrogens with two attached hydrogens (primary N) is 2. The number of hydrogen-bond acceptors (Lipinski definition) is 11. The van der Waals surface area contributed by atoms with Crippen LogP contribution in [0.4, 0.5) is 4.79 Å². The van der Waals surface area contributed by atoms with E-state index in [9.17, 15) is 38.9 Å². The van der Waals surface area contributed by atoms with Crippen molar-refractivity contribution in [2.75, 3.05) is 13.1 Å². The molecule has 0 spiro atoms. The van der Waals surface area contributed by atoms with E-state index < -0.39 is 77.3 Å². The lowest BCUT2D eigenvalue weighted by molar-refractivity contribution is -0.525. The van der Waals surface area contributed by atoms with Gasteiger partial charge >= 0.3 is 12.1 Å². The predicted octanol–water partition coefficient (Wildman–Crippen LogP) is -0.243. The highest BCUT2D eigenvalue weighted by atomic mass is 16.7. The van der Waals surface area contributed by atoms with Gasteiger partial charge in [0.1, 0.15) is 37.4 Å². The topological polar surface area (TPSA) is 280 Å². The third-order valence-corrected chi connectivity index (χ3v) is 7.76. The minimum atomic E-state index is -1.45. The van der Waals surface area contributed by atoms with E-state index >= 15 is 0 Å². The Morgan fingerprint density at radius 3 is 2.13 bits per heavy atom. The molecule has 1 aliphatic heterocycles. The van der Waals surface area contributed by atoms with Gasteiger partial charge in [0.2, 0.25) is 23.6 Å². The molecule has 3 rings (SSSR count). The quantitative estimate of drug-likeness (QED) is 0.0290. The molecule has 19 heteroatoms.